The highest BCUT2D eigenvalue weighted by Crippen LogP contribution is 1.96. The number of nitrogens with one attached hydrogen (secondary N) is 2. The van der Waals surface area contributed by atoms with Crippen molar-refractivity contribution in [3.05, 3.63) is 0 Å². The van der Waals surface area contributed by atoms with Crippen molar-refractivity contribution in [2.24, 2.45) is 0 Å². The van der Waals surface area contributed by atoms with Gasteiger partial charge in [-0.1, -0.05) is 13.8 Å². The molecule has 0 saturated heterocycles. The SMILES string of the molecule is CCC(CC)NC(=O)C(C)NN(C)C. The van der Waals surface area contributed by atoms with Crippen LogP contribution < -0.4 is 10.7 Å². The number of hydrogen-bond acceptors (Lipinski definition) is 3. The van der Waals surface area contributed by atoms with Gasteiger partial charge in [0.05, 0.1) is 6.04 Å². The number of amides is 1. The van der Waals surface area contributed by atoms with Crippen LogP contribution in [-0.4, -0.2) is 37.1 Å². The third-order valence-corrected chi connectivity index (χ3v) is 2.18. The zero-order valence-electron chi connectivity index (χ0n) is 9.92. The molecule has 1 amide bonds. The Hall–Kier alpha value is -0.610. The van der Waals surface area contributed by atoms with Crippen molar-refractivity contribution >= 4 is 5.91 Å². The van der Waals surface area contributed by atoms with Crippen LogP contribution in [0.2, 0.25) is 0 Å². The van der Waals surface area contributed by atoms with Crippen molar-refractivity contribution in [3.63, 3.8) is 0 Å². The Balaban J connectivity index is 3.93. The van der Waals surface area contributed by atoms with Crippen molar-refractivity contribution in [2.45, 2.75) is 45.7 Å². The Bertz CT molecular complexity index is 167. The second-order valence-corrected chi connectivity index (χ2v) is 3.77. The van der Waals surface area contributed by atoms with E-state index in [1.165, 1.54) is 0 Å². The number of rotatable bonds is 6. The van der Waals surface area contributed by atoms with Crippen molar-refractivity contribution in [1.82, 2.24) is 15.8 Å². The Labute approximate surface area is 87.0 Å². The molecule has 0 aromatic carbocycles. The van der Waals surface area contributed by atoms with Crippen LogP contribution in [-0.2, 0) is 4.79 Å². The maximum Gasteiger partial charge on any atom is 0.238 e. The summed E-state index contributed by atoms with van der Waals surface area (Å²) in [7, 11) is 3.75. The van der Waals surface area contributed by atoms with Gasteiger partial charge in [-0.25, -0.2) is 10.4 Å². The molecule has 0 radical (unpaired) electrons. The molecule has 2 N–H and O–H groups in total. The van der Waals surface area contributed by atoms with Crippen LogP contribution in [0.1, 0.15) is 33.6 Å². The topological polar surface area (TPSA) is 44.4 Å². The lowest BCUT2D eigenvalue weighted by Gasteiger charge is -2.21. The van der Waals surface area contributed by atoms with Gasteiger partial charge in [-0.05, 0) is 19.8 Å². The molecule has 0 heterocycles. The molecule has 0 saturated carbocycles. The fourth-order valence-electron chi connectivity index (χ4n) is 1.26. The van der Waals surface area contributed by atoms with Gasteiger partial charge in [0, 0.05) is 20.1 Å². The van der Waals surface area contributed by atoms with Crippen molar-refractivity contribution in [3.8, 4) is 0 Å². The molecule has 0 bridgehead atoms. The van der Waals surface area contributed by atoms with Gasteiger partial charge < -0.3 is 5.32 Å². The molecule has 4 nitrogen and oxygen atoms in total. The molecule has 1 atom stereocenters. The molecule has 1 unspecified atom stereocenters. The summed E-state index contributed by atoms with van der Waals surface area (Å²) in [6.07, 6.45) is 1.97. The van der Waals surface area contributed by atoms with Gasteiger partial charge in [-0.15, -0.1) is 0 Å². The van der Waals surface area contributed by atoms with E-state index in [1.807, 2.05) is 21.0 Å². The summed E-state index contributed by atoms with van der Waals surface area (Å²) in [4.78, 5) is 11.6. The molecular formula is C10H23N3O. The number of hydrogen-bond donors (Lipinski definition) is 2. The van der Waals surface area contributed by atoms with Gasteiger partial charge >= 0.3 is 0 Å². The van der Waals surface area contributed by atoms with Crippen molar-refractivity contribution < 1.29 is 4.79 Å². The Morgan fingerprint density at radius 1 is 1.29 bits per heavy atom. The first-order valence-corrected chi connectivity index (χ1v) is 5.25. The van der Waals surface area contributed by atoms with Gasteiger partial charge in [-0.2, -0.15) is 0 Å². The van der Waals surface area contributed by atoms with Gasteiger partial charge in [0.25, 0.3) is 0 Å². The minimum absolute atomic E-state index is 0.0624. The average Bonchev–Trinajstić information content (AvgIpc) is 2.12. The van der Waals surface area contributed by atoms with Gasteiger partial charge in [-0.3, -0.25) is 4.79 Å². The molecule has 0 aliphatic heterocycles. The molecule has 0 aromatic rings. The minimum atomic E-state index is -0.175. The zero-order valence-corrected chi connectivity index (χ0v) is 9.92. The summed E-state index contributed by atoms with van der Waals surface area (Å²) in [5, 5.41) is 4.78. The second-order valence-electron chi connectivity index (χ2n) is 3.77. The maximum atomic E-state index is 11.6. The summed E-state index contributed by atoms with van der Waals surface area (Å²) in [6.45, 7) is 6.02. The van der Waals surface area contributed by atoms with E-state index in [2.05, 4.69) is 24.6 Å². The van der Waals surface area contributed by atoms with E-state index in [1.54, 1.807) is 5.01 Å². The van der Waals surface area contributed by atoms with E-state index in [0.717, 1.165) is 12.8 Å². The fourth-order valence-corrected chi connectivity index (χ4v) is 1.26. The van der Waals surface area contributed by atoms with Gasteiger partial charge in [0.1, 0.15) is 0 Å². The number of nitrogens with zero attached hydrogens (tertiary/aromatic N) is 1. The van der Waals surface area contributed by atoms with Crippen LogP contribution in [0.15, 0.2) is 0 Å². The summed E-state index contributed by atoms with van der Waals surface area (Å²) in [5.41, 5.74) is 3.02. The second kappa shape index (κ2) is 6.79. The Morgan fingerprint density at radius 3 is 2.14 bits per heavy atom. The van der Waals surface area contributed by atoms with Crippen LogP contribution in [0.3, 0.4) is 0 Å². The van der Waals surface area contributed by atoms with E-state index in [4.69, 9.17) is 0 Å². The third kappa shape index (κ3) is 5.19. The minimum Gasteiger partial charge on any atom is -0.352 e. The van der Waals surface area contributed by atoms with E-state index in [-0.39, 0.29) is 11.9 Å². The average molecular weight is 201 g/mol. The molecule has 0 rings (SSSR count). The molecule has 0 spiro atoms. The fraction of sp³-hybridized carbons (Fsp3) is 0.900. The summed E-state index contributed by atoms with van der Waals surface area (Å²) < 4.78 is 0. The van der Waals surface area contributed by atoms with E-state index in [0.29, 0.717) is 6.04 Å². The van der Waals surface area contributed by atoms with Crippen molar-refractivity contribution in [1.29, 1.82) is 0 Å². The lowest BCUT2D eigenvalue weighted by Crippen LogP contribution is -2.49. The summed E-state index contributed by atoms with van der Waals surface area (Å²) in [5.74, 6) is 0.0624. The lowest BCUT2D eigenvalue weighted by molar-refractivity contribution is -0.124. The summed E-state index contributed by atoms with van der Waals surface area (Å²) >= 11 is 0. The first kappa shape index (κ1) is 13.4. The first-order chi connectivity index (χ1) is 6.51. The maximum absolute atomic E-state index is 11.6. The molecule has 0 aliphatic carbocycles. The number of carbonyl (C=O) groups excluding carboxylic acids is 1. The monoisotopic (exact) mass is 201 g/mol. The van der Waals surface area contributed by atoms with Crippen LogP contribution >= 0.6 is 0 Å². The summed E-state index contributed by atoms with van der Waals surface area (Å²) in [6, 6.07) is 0.125. The molecule has 0 aliphatic rings. The van der Waals surface area contributed by atoms with Crippen LogP contribution in [0.5, 0.6) is 0 Å². The molecular weight excluding hydrogens is 178 g/mol. The van der Waals surface area contributed by atoms with Crippen LogP contribution in [0, 0.1) is 0 Å². The predicted molar refractivity (Wildman–Crippen MR) is 58.8 cm³/mol. The molecule has 84 valence electrons. The highest BCUT2D eigenvalue weighted by Gasteiger charge is 2.15. The van der Waals surface area contributed by atoms with Crippen LogP contribution in [0.25, 0.3) is 0 Å². The standard InChI is InChI=1S/C10H23N3O/c1-6-9(7-2)11-10(14)8(3)12-13(4)5/h8-9,12H,6-7H2,1-5H3,(H,11,14). The molecule has 4 heteroatoms. The molecule has 0 fully saturated rings. The quantitative estimate of drug-likeness (QED) is 0.623. The lowest BCUT2D eigenvalue weighted by atomic mass is 10.1. The normalized spacial score (nSPS) is 13.4. The third-order valence-electron chi connectivity index (χ3n) is 2.18. The van der Waals surface area contributed by atoms with E-state index >= 15 is 0 Å². The highest BCUT2D eigenvalue weighted by molar-refractivity contribution is 5.81. The van der Waals surface area contributed by atoms with E-state index < -0.39 is 0 Å². The highest BCUT2D eigenvalue weighted by atomic mass is 16.2. The Kier molecular flexibility index (Phi) is 6.49. The van der Waals surface area contributed by atoms with E-state index in [9.17, 15) is 4.79 Å². The van der Waals surface area contributed by atoms with Crippen LogP contribution in [0.4, 0.5) is 0 Å². The first-order valence-electron chi connectivity index (χ1n) is 5.25. The number of carbonyl (C=O) groups is 1. The molecule has 14 heavy (non-hydrogen) atoms. The number of hydrazine groups is 1. The Morgan fingerprint density at radius 2 is 1.79 bits per heavy atom. The predicted octanol–water partition coefficient (Wildman–Crippen LogP) is 0.746. The smallest absolute Gasteiger partial charge is 0.238 e. The van der Waals surface area contributed by atoms with Crippen molar-refractivity contribution in [2.75, 3.05) is 14.1 Å². The van der Waals surface area contributed by atoms with Gasteiger partial charge in [0.15, 0.2) is 0 Å². The molecule has 0 aromatic heterocycles. The largest absolute Gasteiger partial charge is 0.352 e. The zero-order chi connectivity index (χ0) is 11.1. The van der Waals surface area contributed by atoms with Gasteiger partial charge in [0.2, 0.25) is 5.91 Å².